The van der Waals surface area contributed by atoms with Crippen LogP contribution in [0.1, 0.15) is 5.56 Å². The Balaban J connectivity index is 2.05. The van der Waals surface area contributed by atoms with Gasteiger partial charge in [0.05, 0.1) is 23.5 Å². The first kappa shape index (κ1) is 12.8. The Labute approximate surface area is 120 Å². The van der Waals surface area contributed by atoms with Crippen LogP contribution in [0.5, 0.6) is 5.75 Å². The number of rotatable bonds is 2. The molecule has 1 N–H and O–H groups in total. The molecule has 102 valence electrons. The van der Waals surface area contributed by atoms with Crippen LogP contribution < -0.4 is 0 Å². The molecule has 2 heterocycles. The molecule has 0 amide bonds. The van der Waals surface area contributed by atoms with Crippen LogP contribution in [-0.2, 0) is 7.05 Å². The highest BCUT2D eigenvalue weighted by Gasteiger charge is 2.11. The summed E-state index contributed by atoms with van der Waals surface area (Å²) in [6.45, 7) is 0. The minimum Gasteiger partial charge on any atom is -0.507 e. The molecule has 0 spiro atoms. The number of phenols is 1. The number of pyridine rings is 1. The first-order valence-corrected chi connectivity index (χ1v) is 6.24. The largest absolute Gasteiger partial charge is 0.507 e. The number of aryl methyl sites for hydroxylation is 1. The lowest BCUT2D eigenvalue weighted by Crippen LogP contribution is -1.93. The van der Waals surface area contributed by atoms with Gasteiger partial charge in [-0.1, -0.05) is 12.1 Å². The molecule has 0 saturated carbocycles. The number of benzene rings is 1. The van der Waals surface area contributed by atoms with Gasteiger partial charge in [-0.25, -0.2) is 0 Å². The molecule has 0 aliphatic carbocycles. The second-order valence-electron chi connectivity index (χ2n) is 4.46. The summed E-state index contributed by atoms with van der Waals surface area (Å²) in [7, 11) is 1.74. The van der Waals surface area contributed by atoms with Crippen LogP contribution in [0.4, 0.5) is 0 Å². The molecule has 6 nitrogen and oxygen atoms in total. The van der Waals surface area contributed by atoms with Gasteiger partial charge < -0.3 is 5.11 Å². The van der Waals surface area contributed by atoms with Gasteiger partial charge in [0.15, 0.2) is 0 Å². The number of hydrogen-bond acceptors (Lipinski definition) is 5. The first-order chi connectivity index (χ1) is 10.2. The van der Waals surface area contributed by atoms with Crippen molar-refractivity contribution in [1.82, 2.24) is 20.0 Å². The van der Waals surface area contributed by atoms with Crippen molar-refractivity contribution >= 4 is 0 Å². The van der Waals surface area contributed by atoms with Gasteiger partial charge in [0.25, 0.3) is 0 Å². The van der Waals surface area contributed by atoms with E-state index in [1.54, 1.807) is 49.8 Å². The summed E-state index contributed by atoms with van der Waals surface area (Å²) in [5.74, 6) is 0.0584. The topological polar surface area (TPSA) is 87.6 Å². The fourth-order valence-electron chi connectivity index (χ4n) is 2.09. The van der Waals surface area contributed by atoms with E-state index in [1.165, 1.54) is 4.80 Å². The minimum absolute atomic E-state index is 0.0584. The van der Waals surface area contributed by atoms with E-state index in [2.05, 4.69) is 21.3 Å². The van der Waals surface area contributed by atoms with E-state index >= 15 is 0 Å². The molecule has 21 heavy (non-hydrogen) atoms. The van der Waals surface area contributed by atoms with Crippen LogP contribution in [0.2, 0.25) is 0 Å². The molecule has 1 aromatic carbocycles. The molecule has 0 aliphatic rings. The maximum absolute atomic E-state index is 9.96. The van der Waals surface area contributed by atoms with E-state index in [0.717, 1.165) is 0 Å². The van der Waals surface area contributed by atoms with E-state index in [9.17, 15) is 5.11 Å². The van der Waals surface area contributed by atoms with Gasteiger partial charge in [0.1, 0.15) is 11.4 Å². The lowest BCUT2D eigenvalue weighted by molar-refractivity contribution is 0.477. The Morgan fingerprint density at radius 1 is 1.14 bits per heavy atom. The summed E-state index contributed by atoms with van der Waals surface area (Å²) >= 11 is 0. The third-order valence-corrected chi connectivity index (χ3v) is 3.08. The SMILES string of the molecule is Cn1ncc(-c2ccc(-c3c(O)cccc3C#N)cn2)n1. The smallest absolute Gasteiger partial charge is 0.131 e. The Hall–Kier alpha value is -3.20. The summed E-state index contributed by atoms with van der Waals surface area (Å²) in [4.78, 5) is 5.78. The number of aromatic hydroxyl groups is 1. The fraction of sp³-hybridized carbons (Fsp3) is 0.0667. The molecule has 3 rings (SSSR count). The minimum atomic E-state index is 0.0584. The monoisotopic (exact) mass is 277 g/mol. The average Bonchev–Trinajstić information content (AvgIpc) is 2.94. The second-order valence-corrected chi connectivity index (χ2v) is 4.46. The average molecular weight is 277 g/mol. The van der Waals surface area contributed by atoms with Crippen LogP contribution >= 0.6 is 0 Å². The fourth-order valence-corrected chi connectivity index (χ4v) is 2.09. The van der Waals surface area contributed by atoms with Gasteiger partial charge in [0, 0.05) is 24.4 Å². The highest BCUT2D eigenvalue weighted by molar-refractivity contribution is 5.76. The molecule has 2 aromatic heterocycles. The van der Waals surface area contributed by atoms with Crippen LogP contribution in [0, 0.1) is 11.3 Å². The third kappa shape index (κ3) is 2.32. The molecule has 0 fully saturated rings. The molecule has 0 atom stereocenters. The number of aromatic nitrogens is 4. The summed E-state index contributed by atoms with van der Waals surface area (Å²) in [5, 5.41) is 27.3. The molecular formula is C15H11N5O. The Morgan fingerprint density at radius 2 is 2.00 bits per heavy atom. The Kier molecular flexibility index (Phi) is 3.09. The van der Waals surface area contributed by atoms with E-state index in [4.69, 9.17) is 5.26 Å². The van der Waals surface area contributed by atoms with E-state index in [-0.39, 0.29) is 5.75 Å². The van der Waals surface area contributed by atoms with Crippen molar-refractivity contribution in [3.8, 4) is 34.3 Å². The summed E-state index contributed by atoms with van der Waals surface area (Å²) < 4.78 is 0. The molecular weight excluding hydrogens is 266 g/mol. The predicted octanol–water partition coefficient (Wildman–Crippen LogP) is 2.12. The van der Waals surface area contributed by atoms with Crippen LogP contribution in [0.25, 0.3) is 22.5 Å². The van der Waals surface area contributed by atoms with Crippen LogP contribution in [-0.4, -0.2) is 25.1 Å². The quantitative estimate of drug-likeness (QED) is 0.775. The molecule has 0 bridgehead atoms. The molecule has 0 aliphatic heterocycles. The van der Waals surface area contributed by atoms with Crippen molar-refractivity contribution in [3.63, 3.8) is 0 Å². The maximum atomic E-state index is 9.96. The maximum Gasteiger partial charge on any atom is 0.131 e. The van der Waals surface area contributed by atoms with Crippen molar-refractivity contribution in [2.75, 3.05) is 0 Å². The lowest BCUT2D eigenvalue weighted by Gasteiger charge is -2.06. The number of hydrogen-bond donors (Lipinski definition) is 1. The molecule has 3 aromatic rings. The molecule has 0 radical (unpaired) electrons. The third-order valence-electron chi connectivity index (χ3n) is 3.08. The standard InChI is InChI=1S/C15H11N5O/c1-20-18-9-13(19-20)12-6-5-11(8-17-12)15-10(7-16)3-2-4-14(15)21/h2-6,8-9,21H,1H3. The number of nitriles is 1. The van der Waals surface area contributed by atoms with Gasteiger partial charge in [-0.05, 0) is 18.2 Å². The van der Waals surface area contributed by atoms with Crippen molar-refractivity contribution in [2.24, 2.45) is 7.05 Å². The lowest BCUT2D eigenvalue weighted by atomic mass is 10.0. The first-order valence-electron chi connectivity index (χ1n) is 6.24. The van der Waals surface area contributed by atoms with E-state index < -0.39 is 0 Å². The van der Waals surface area contributed by atoms with Gasteiger partial charge >= 0.3 is 0 Å². The van der Waals surface area contributed by atoms with E-state index in [1.807, 2.05) is 0 Å². The summed E-state index contributed by atoms with van der Waals surface area (Å²) in [6, 6.07) is 10.5. The highest BCUT2D eigenvalue weighted by Crippen LogP contribution is 2.32. The zero-order valence-corrected chi connectivity index (χ0v) is 11.2. The summed E-state index contributed by atoms with van der Waals surface area (Å²) in [6.07, 6.45) is 3.24. The van der Waals surface area contributed by atoms with Crippen molar-refractivity contribution < 1.29 is 5.11 Å². The van der Waals surface area contributed by atoms with Crippen LogP contribution in [0.3, 0.4) is 0 Å². The number of phenolic OH excluding ortho intramolecular Hbond substituents is 1. The number of nitrogens with zero attached hydrogens (tertiary/aromatic N) is 5. The van der Waals surface area contributed by atoms with Crippen LogP contribution in [0.15, 0.2) is 42.7 Å². The van der Waals surface area contributed by atoms with Gasteiger partial charge in [0.2, 0.25) is 0 Å². The highest BCUT2D eigenvalue weighted by atomic mass is 16.3. The predicted molar refractivity (Wildman–Crippen MR) is 76.0 cm³/mol. The summed E-state index contributed by atoms with van der Waals surface area (Å²) in [5.41, 5.74) is 2.92. The van der Waals surface area contributed by atoms with Gasteiger partial charge in [-0.3, -0.25) is 4.98 Å². The molecule has 0 unspecified atom stereocenters. The zero-order valence-electron chi connectivity index (χ0n) is 11.2. The van der Waals surface area contributed by atoms with Gasteiger partial charge in [-0.2, -0.15) is 20.3 Å². The van der Waals surface area contributed by atoms with Gasteiger partial charge in [-0.15, -0.1) is 0 Å². The molecule has 6 heteroatoms. The normalized spacial score (nSPS) is 10.3. The van der Waals surface area contributed by atoms with Crippen molar-refractivity contribution in [2.45, 2.75) is 0 Å². The second kappa shape index (κ2) is 5.06. The molecule has 0 saturated heterocycles. The van der Waals surface area contributed by atoms with E-state index in [0.29, 0.717) is 28.1 Å². The Bertz CT molecular complexity index is 830. The Morgan fingerprint density at radius 3 is 2.62 bits per heavy atom. The zero-order chi connectivity index (χ0) is 14.8. The van der Waals surface area contributed by atoms with Crippen molar-refractivity contribution in [1.29, 1.82) is 5.26 Å². The van der Waals surface area contributed by atoms with Crippen molar-refractivity contribution in [3.05, 3.63) is 48.3 Å².